The van der Waals surface area contributed by atoms with E-state index in [1.807, 2.05) is 11.4 Å². The van der Waals surface area contributed by atoms with E-state index in [1.165, 1.54) is 0 Å². The fourth-order valence-corrected chi connectivity index (χ4v) is 3.60. The smallest absolute Gasteiger partial charge is 0.335 e. The maximum Gasteiger partial charge on any atom is 0.335 e. The van der Waals surface area contributed by atoms with E-state index in [0.717, 1.165) is 14.0 Å². The number of amides is 1. The third-order valence-electron chi connectivity index (χ3n) is 3.28. The van der Waals surface area contributed by atoms with Crippen LogP contribution in [0.25, 0.3) is 0 Å². The summed E-state index contributed by atoms with van der Waals surface area (Å²) in [5, 5.41) is 10.8. The molecule has 3 rings (SSSR count). The lowest BCUT2D eigenvalue weighted by molar-refractivity contribution is 0.0696. The molecule has 0 saturated heterocycles. The number of hydrogen-bond donors (Lipinski definition) is 1. The Morgan fingerprint density at radius 3 is 2.55 bits per heavy atom. The molecule has 0 unspecified atom stereocenters. The van der Waals surface area contributed by atoms with Gasteiger partial charge in [-0.3, -0.25) is 4.79 Å². The molecular weight excluding hydrogens is 389 g/mol. The summed E-state index contributed by atoms with van der Waals surface area (Å²) in [4.78, 5) is 25.1. The lowest BCUT2D eigenvalue weighted by Gasteiger charge is -2.14. The van der Waals surface area contributed by atoms with Crippen LogP contribution in [0.1, 0.15) is 31.8 Å². The number of benzene rings is 1. The van der Waals surface area contributed by atoms with Gasteiger partial charge in [0, 0.05) is 18.5 Å². The van der Waals surface area contributed by atoms with E-state index in [1.54, 1.807) is 34.4 Å². The molecule has 1 aliphatic rings. The van der Waals surface area contributed by atoms with Crippen molar-refractivity contribution in [1.29, 1.82) is 0 Å². The topological polar surface area (TPSA) is 57.6 Å². The molecule has 0 spiro atoms. The number of carboxylic acids is 1. The fraction of sp³-hybridized carbons (Fsp3) is 0.143. The van der Waals surface area contributed by atoms with Crippen molar-refractivity contribution >= 4 is 45.8 Å². The summed E-state index contributed by atoms with van der Waals surface area (Å²) in [6.45, 7) is 1.02. The average Bonchev–Trinajstić information content (AvgIpc) is 3.02. The Bertz CT molecular complexity index is 710. The molecule has 1 aliphatic heterocycles. The molecular formula is C14H10INO3S. The van der Waals surface area contributed by atoms with Crippen LogP contribution in [0.2, 0.25) is 0 Å². The summed E-state index contributed by atoms with van der Waals surface area (Å²) in [6, 6.07) is 6.91. The molecule has 1 amide bonds. The number of carbonyl (C=O) groups is 2. The van der Waals surface area contributed by atoms with Gasteiger partial charge >= 0.3 is 5.97 Å². The zero-order valence-electron chi connectivity index (χ0n) is 10.3. The molecule has 2 heterocycles. The Labute approximate surface area is 133 Å². The Balaban J connectivity index is 1.83. The minimum Gasteiger partial charge on any atom is -0.478 e. The summed E-state index contributed by atoms with van der Waals surface area (Å²) in [7, 11) is 0. The normalized spacial score (nSPS) is 13.3. The molecule has 6 heteroatoms. The number of halogens is 1. The van der Waals surface area contributed by atoms with Crippen molar-refractivity contribution in [2.24, 2.45) is 0 Å². The van der Waals surface area contributed by atoms with Gasteiger partial charge in [0.25, 0.3) is 5.91 Å². The number of nitrogens with zero attached hydrogens (tertiary/aromatic N) is 1. The first-order chi connectivity index (χ1) is 9.54. The highest BCUT2D eigenvalue weighted by molar-refractivity contribution is 14.1. The van der Waals surface area contributed by atoms with Gasteiger partial charge in [-0.1, -0.05) is 6.07 Å². The first-order valence-electron chi connectivity index (χ1n) is 5.93. The van der Waals surface area contributed by atoms with Crippen LogP contribution in [0.15, 0.2) is 29.6 Å². The molecule has 0 saturated carbocycles. The average molecular weight is 399 g/mol. The second-order valence-corrected chi connectivity index (χ2v) is 7.39. The molecule has 1 aromatic carbocycles. The molecule has 4 nitrogen and oxygen atoms in total. The minimum absolute atomic E-state index is 0.00255. The van der Waals surface area contributed by atoms with Gasteiger partial charge in [0.2, 0.25) is 0 Å². The first kappa shape index (κ1) is 13.6. The molecule has 1 aromatic heterocycles. The largest absolute Gasteiger partial charge is 0.478 e. The predicted octanol–water partition coefficient (Wildman–Crippen LogP) is 3.21. The van der Waals surface area contributed by atoms with Gasteiger partial charge in [0.15, 0.2) is 0 Å². The fourth-order valence-electron chi connectivity index (χ4n) is 2.28. The zero-order chi connectivity index (χ0) is 14.3. The van der Waals surface area contributed by atoms with Crippen molar-refractivity contribution in [3.63, 3.8) is 0 Å². The minimum atomic E-state index is -0.940. The Kier molecular flexibility index (Phi) is 3.51. The van der Waals surface area contributed by atoms with Crippen LogP contribution in [-0.2, 0) is 13.1 Å². The van der Waals surface area contributed by atoms with Gasteiger partial charge in [-0.15, -0.1) is 11.3 Å². The standard InChI is InChI=1S/C14H10INO3S/c15-12-4-11(7-20-12)13(17)16-5-9-2-1-8(14(18)19)3-10(9)6-16/h1-4,7H,5-6H2,(H,18,19). The first-order valence-corrected chi connectivity index (χ1v) is 7.89. The predicted molar refractivity (Wildman–Crippen MR) is 84.0 cm³/mol. The third-order valence-corrected chi connectivity index (χ3v) is 5.07. The monoisotopic (exact) mass is 399 g/mol. The van der Waals surface area contributed by atoms with Gasteiger partial charge < -0.3 is 10.0 Å². The zero-order valence-corrected chi connectivity index (χ0v) is 13.3. The Morgan fingerprint density at radius 2 is 1.90 bits per heavy atom. The summed E-state index contributed by atoms with van der Waals surface area (Å²) >= 11 is 3.73. The Hall–Kier alpha value is -1.41. The van der Waals surface area contributed by atoms with Crippen molar-refractivity contribution in [1.82, 2.24) is 4.90 Å². The summed E-state index contributed by atoms with van der Waals surface area (Å²) < 4.78 is 1.08. The van der Waals surface area contributed by atoms with Crippen LogP contribution in [0.5, 0.6) is 0 Å². The number of carboxylic acid groups (broad SMARTS) is 1. The number of carbonyl (C=O) groups excluding carboxylic acids is 1. The molecule has 0 bridgehead atoms. The maximum atomic E-state index is 12.4. The van der Waals surface area contributed by atoms with Gasteiger partial charge in [-0.25, -0.2) is 4.79 Å². The highest BCUT2D eigenvalue weighted by atomic mass is 127. The number of thiophene rings is 1. The van der Waals surface area contributed by atoms with Crippen LogP contribution >= 0.6 is 33.9 Å². The van der Waals surface area contributed by atoms with Crippen molar-refractivity contribution in [2.75, 3.05) is 0 Å². The van der Waals surface area contributed by atoms with Crippen LogP contribution in [0.3, 0.4) is 0 Å². The van der Waals surface area contributed by atoms with E-state index in [-0.39, 0.29) is 11.5 Å². The second-order valence-electron chi connectivity index (χ2n) is 4.59. The van der Waals surface area contributed by atoms with Crippen molar-refractivity contribution in [3.8, 4) is 0 Å². The lowest BCUT2D eigenvalue weighted by Crippen LogP contribution is -2.24. The molecule has 20 heavy (non-hydrogen) atoms. The van der Waals surface area contributed by atoms with Gasteiger partial charge in [-0.2, -0.15) is 0 Å². The number of rotatable bonds is 2. The summed E-state index contributed by atoms with van der Waals surface area (Å²) in [5.74, 6) is -0.942. The van der Waals surface area contributed by atoms with E-state index in [4.69, 9.17) is 5.11 Å². The summed E-state index contributed by atoms with van der Waals surface area (Å²) in [6.07, 6.45) is 0. The van der Waals surface area contributed by atoms with Gasteiger partial charge in [0.1, 0.15) is 0 Å². The third kappa shape index (κ3) is 2.45. The number of hydrogen-bond acceptors (Lipinski definition) is 3. The van der Waals surface area contributed by atoms with E-state index >= 15 is 0 Å². The van der Waals surface area contributed by atoms with Crippen molar-refractivity contribution in [2.45, 2.75) is 13.1 Å². The van der Waals surface area contributed by atoms with E-state index in [0.29, 0.717) is 18.7 Å². The van der Waals surface area contributed by atoms with Gasteiger partial charge in [0.05, 0.1) is 14.0 Å². The van der Waals surface area contributed by atoms with Crippen molar-refractivity contribution in [3.05, 3.63) is 54.8 Å². The van der Waals surface area contributed by atoms with E-state index < -0.39 is 5.97 Å². The summed E-state index contributed by atoms with van der Waals surface area (Å²) in [5.41, 5.74) is 2.91. The quantitative estimate of drug-likeness (QED) is 0.790. The van der Waals surface area contributed by atoms with Gasteiger partial charge in [-0.05, 0) is 51.9 Å². The maximum absolute atomic E-state index is 12.4. The Morgan fingerprint density at radius 1 is 1.15 bits per heavy atom. The van der Waals surface area contributed by atoms with E-state index in [2.05, 4.69) is 22.6 Å². The molecule has 0 aliphatic carbocycles. The molecule has 2 aromatic rings. The second kappa shape index (κ2) is 5.17. The van der Waals surface area contributed by atoms with Crippen LogP contribution in [0.4, 0.5) is 0 Å². The molecule has 102 valence electrons. The molecule has 0 fully saturated rings. The van der Waals surface area contributed by atoms with Crippen LogP contribution in [0, 0.1) is 2.88 Å². The highest BCUT2D eigenvalue weighted by Crippen LogP contribution is 2.27. The SMILES string of the molecule is O=C(O)c1ccc2c(c1)CN(C(=O)c1csc(I)c1)C2. The number of aromatic carboxylic acids is 1. The lowest BCUT2D eigenvalue weighted by atomic mass is 10.1. The van der Waals surface area contributed by atoms with Crippen LogP contribution in [-0.4, -0.2) is 21.9 Å². The molecule has 0 atom stereocenters. The highest BCUT2D eigenvalue weighted by Gasteiger charge is 2.25. The van der Waals surface area contributed by atoms with Crippen molar-refractivity contribution < 1.29 is 14.7 Å². The van der Waals surface area contributed by atoms with Crippen LogP contribution < -0.4 is 0 Å². The molecule has 1 N–H and O–H groups in total. The number of fused-ring (bicyclic) bond motifs is 1. The van der Waals surface area contributed by atoms with E-state index in [9.17, 15) is 9.59 Å². The molecule has 0 radical (unpaired) electrons.